The predicted molar refractivity (Wildman–Crippen MR) is 83.6 cm³/mol. The van der Waals surface area contributed by atoms with E-state index in [-0.39, 0.29) is 0 Å². The number of rotatable bonds is 4. The minimum absolute atomic E-state index is 0.411. The van der Waals surface area contributed by atoms with Crippen LogP contribution in [-0.2, 0) is 4.79 Å². The van der Waals surface area contributed by atoms with Gasteiger partial charge in [0.05, 0.1) is 7.11 Å². The summed E-state index contributed by atoms with van der Waals surface area (Å²) in [6, 6.07) is 13.2. The van der Waals surface area contributed by atoms with Crippen LogP contribution in [0.2, 0.25) is 0 Å². The summed E-state index contributed by atoms with van der Waals surface area (Å²) in [4.78, 5) is 11.9. The topological polar surface area (TPSA) is 35.5 Å². The van der Waals surface area contributed by atoms with E-state index in [4.69, 9.17) is 9.47 Å². The fourth-order valence-corrected chi connectivity index (χ4v) is 2.10. The fraction of sp³-hybridized carbons (Fsp3) is 0.167. The molecule has 0 heterocycles. The molecule has 0 bridgehead atoms. The van der Waals surface area contributed by atoms with Crippen molar-refractivity contribution in [3.8, 4) is 11.5 Å². The Hall–Kier alpha value is -2.55. The third-order valence-electron chi connectivity index (χ3n) is 2.95. The summed E-state index contributed by atoms with van der Waals surface area (Å²) in [5.74, 6) is 0.862. The van der Waals surface area contributed by atoms with Gasteiger partial charge in [0, 0.05) is 11.6 Å². The molecule has 3 heteroatoms. The van der Waals surface area contributed by atoms with Crippen molar-refractivity contribution in [1.29, 1.82) is 0 Å². The van der Waals surface area contributed by atoms with Crippen LogP contribution in [0.25, 0.3) is 6.08 Å². The third kappa shape index (κ3) is 4.21. The Labute approximate surface area is 124 Å². The van der Waals surface area contributed by atoms with Crippen LogP contribution >= 0.6 is 0 Å². The highest BCUT2D eigenvalue weighted by molar-refractivity contribution is 5.89. The van der Waals surface area contributed by atoms with Crippen LogP contribution in [-0.4, -0.2) is 13.1 Å². The van der Waals surface area contributed by atoms with E-state index in [1.165, 1.54) is 6.08 Å². The zero-order valence-electron chi connectivity index (χ0n) is 12.4. The van der Waals surface area contributed by atoms with Crippen molar-refractivity contribution in [3.63, 3.8) is 0 Å². The van der Waals surface area contributed by atoms with E-state index >= 15 is 0 Å². The standard InChI is InChI=1S/C18H18O3/c1-13-10-14(2)12-16(11-13)21-18(19)9-8-15-6-4-5-7-17(15)20-3/h4-12H,1-3H3/b9-8+. The van der Waals surface area contributed by atoms with E-state index < -0.39 is 5.97 Å². The number of hydrogen-bond donors (Lipinski definition) is 0. The molecule has 2 aromatic rings. The van der Waals surface area contributed by atoms with Crippen LogP contribution in [0.15, 0.2) is 48.5 Å². The van der Waals surface area contributed by atoms with Crippen LogP contribution in [0.4, 0.5) is 0 Å². The molecule has 2 rings (SSSR count). The van der Waals surface area contributed by atoms with Crippen molar-refractivity contribution in [2.75, 3.05) is 7.11 Å². The van der Waals surface area contributed by atoms with Gasteiger partial charge < -0.3 is 9.47 Å². The second kappa shape index (κ2) is 6.75. The van der Waals surface area contributed by atoms with E-state index in [1.807, 2.05) is 56.3 Å². The van der Waals surface area contributed by atoms with Crippen LogP contribution in [0, 0.1) is 13.8 Å². The second-order valence-corrected chi connectivity index (χ2v) is 4.82. The van der Waals surface area contributed by atoms with E-state index in [0.717, 1.165) is 16.7 Å². The smallest absolute Gasteiger partial charge is 0.336 e. The summed E-state index contributed by atoms with van der Waals surface area (Å²) in [6.07, 6.45) is 3.08. The van der Waals surface area contributed by atoms with Gasteiger partial charge in [-0.2, -0.15) is 0 Å². The maximum atomic E-state index is 11.9. The number of carbonyl (C=O) groups excluding carboxylic acids is 1. The molecule has 2 aromatic carbocycles. The maximum absolute atomic E-state index is 11.9. The highest BCUT2D eigenvalue weighted by atomic mass is 16.5. The number of carbonyl (C=O) groups is 1. The molecular weight excluding hydrogens is 264 g/mol. The van der Waals surface area contributed by atoms with Gasteiger partial charge in [0.1, 0.15) is 11.5 Å². The first-order chi connectivity index (χ1) is 10.1. The Bertz CT molecular complexity index is 652. The number of esters is 1. The molecule has 0 unspecified atom stereocenters. The van der Waals surface area contributed by atoms with Crippen LogP contribution in [0.3, 0.4) is 0 Å². The lowest BCUT2D eigenvalue weighted by Crippen LogP contribution is -2.04. The van der Waals surface area contributed by atoms with Gasteiger partial charge >= 0.3 is 5.97 Å². The molecule has 108 valence electrons. The summed E-state index contributed by atoms with van der Waals surface area (Å²) >= 11 is 0. The van der Waals surface area contributed by atoms with Gasteiger partial charge in [0.25, 0.3) is 0 Å². The lowest BCUT2D eigenvalue weighted by molar-refractivity contribution is -0.128. The van der Waals surface area contributed by atoms with E-state index in [9.17, 15) is 4.79 Å². The minimum atomic E-state index is -0.411. The summed E-state index contributed by atoms with van der Waals surface area (Å²) in [6.45, 7) is 3.93. The van der Waals surface area contributed by atoms with E-state index in [1.54, 1.807) is 13.2 Å². The number of hydrogen-bond acceptors (Lipinski definition) is 3. The van der Waals surface area contributed by atoms with Crippen molar-refractivity contribution < 1.29 is 14.3 Å². The Kier molecular flexibility index (Phi) is 4.77. The zero-order valence-corrected chi connectivity index (χ0v) is 12.4. The number of para-hydroxylation sites is 1. The molecule has 0 radical (unpaired) electrons. The normalized spacial score (nSPS) is 10.6. The Morgan fingerprint density at radius 3 is 2.38 bits per heavy atom. The van der Waals surface area contributed by atoms with Crippen molar-refractivity contribution in [2.45, 2.75) is 13.8 Å². The number of methoxy groups -OCH3 is 1. The predicted octanol–water partition coefficient (Wildman–Crippen LogP) is 3.93. The van der Waals surface area contributed by atoms with Gasteiger partial charge in [-0.25, -0.2) is 4.79 Å². The number of aryl methyl sites for hydroxylation is 2. The lowest BCUT2D eigenvalue weighted by Gasteiger charge is -2.05. The van der Waals surface area contributed by atoms with Gasteiger partial charge in [-0.1, -0.05) is 24.3 Å². The summed E-state index contributed by atoms with van der Waals surface area (Å²) < 4.78 is 10.5. The molecule has 3 nitrogen and oxygen atoms in total. The van der Waals surface area contributed by atoms with Crippen LogP contribution < -0.4 is 9.47 Å². The van der Waals surface area contributed by atoms with Crippen molar-refractivity contribution >= 4 is 12.0 Å². The number of ether oxygens (including phenoxy) is 2. The molecule has 0 amide bonds. The zero-order chi connectivity index (χ0) is 15.2. The average Bonchev–Trinajstić information content (AvgIpc) is 2.44. The first-order valence-corrected chi connectivity index (χ1v) is 6.69. The third-order valence-corrected chi connectivity index (χ3v) is 2.95. The maximum Gasteiger partial charge on any atom is 0.336 e. The lowest BCUT2D eigenvalue weighted by atomic mass is 10.1. The van der Waals surface area contributed by atoms with Gasteiger partial charge in [-0.15, -0.1) is 0 Å². The van der Waals surface area contributed by atoms with E-state index in [2.05, 4.69) is 0 Å². The summed E-state index contributed by atoms with van der Waals surface area (Å²) in [5.41, 5.74) is 2.95. The Morgan fingerprint density at radius 2 is 1.71 bits per heavy atom. The molecule has 0 saturated carbocycles. The molecule has 0 fully saturated rings. The fourth-order valence-electron chi connectivity index (χ4n) is 2.10. The molecule has 0 aromatic heterocycles. The first-order valence-electron chi connectivity index (χ1n) is 6.69. The van der Waals surface area contributed by atoms with Gasteiger partial charge in [-0.3, -0.25) is 0 Å². The monoisotopic (exact) mass is 282 g/mol. The van der Waals surface area contributed by atoms with Crippen molar-refractivity contribution in [1.82, 2.24) is 0 Å². The van der Waals surface area contributed by atoms with Crippen LogP contribution in [0.1, 0.15) is 16.7 Å². The SMILES string of the molecule is COc1ccccc1/C=C/C(=O)Oc1cc(C)cc(C)c1. The first kappa shape index (κ1) is 14.9. The summed E-state index contributed by atoms with van der Waals surface area (Å²) in [5, 5.41) is 0. The number of benzene rings is 2. The quantitative estimate of drug-likeness (QED) is 0.484. The van der Waals surface area contributed by atoms with Gasteiger partial charge in [-0.05, 0) is 49.2 Å². The molecule has 21 heavy (non-hydrogen) atoms. The Balaban J connectivity index is 2.09. The molecule has 0 N–H and O–H groups in total. The van der Waals surface area contributed by atoms with Crippen molar-refractivity contribution in [2.24, 2.45) is 0 Å². The highest BCUT2D eigenvalue weighted by Gasteiger charge is 2.03. The molecule has 0 aliphatic heterocycles. The second-order valence-electron chi connectivity index (χ2n) is 4.82. The van der Waals surface area contributed by atoms with Crippen LogP contribution in [0.5, 0.6) is 11.5 Å². The molecule has 0 saturated heterocycles. The molecule has 0 spiro atoms. The van der Waals surface area contributed by atoms with Crippen molar-refractivity contribution in [3.05, 3.63) is 65.2 Å². The molecular formula is C18H18O3. The summed E-state index contributed by atoms with van der Waals surface area (Å²) in [7, 11) is 1.60. The van der Waals surface area contributed by atoms with E-state index in [0.29, 0.717) is 11.5 Å². The van der Waals surface area contributed by atoms with Gasteiger partial charge in [0.15, 0.2) is 0 Å². The highest BCUT2D eigenvalue weighted by Crippen LogP contribution is 2.19. The molecule has 0 aliphatic carbocycles. The largest absolute Gasteiger partial charge is 0.496 e. The average molecular weight is 282 g/mol. The molecule has 0 aliphatic rings. The molecule has 0 atom stereocenters. The Morgan fingerprint density at radius 1 is 1.05 bits per heavy atom. The minimum Gasteiger partial charge on any atom is -0.496 e. The van der Waals surface area contributed by atoms with Gasteiger partial charge in [0.2, 0.25) is 0 Å².